The van der Waals surface area contributed by atoms with Crippen LogP contribution in [0.1, 0.15) is 25.1 Å². The third-order valence-electron chi connectivity index (χ3n) is 4.29. The summed E-state index contributed by atoms with van der Waals surface area (Å²) >= 11 is 1.62. The molecule has 6 nitrogen and oxygen atoms in total. The van der Waals surface area contributed by atoms with Gasteiger partial charge in [0.25, 0.3) is 0 Å². The van der Waals surface area contributed by atoms with Gasteiger partial charge in [-0.05, 0) is 19.9 Å². The highest BCUT2D eigenvalue weighted by atomic mass is 32.1. The van der Waals surface area contributed by atoms with Crippen LogP contribution in [0.4, 0.5) is 4.79 Å². The Kier molecular flexibility index (Phi) is 6.46. The van der Waals surface area contributed by atoms with Gasteiger partial charge in [0, 0.05) is 50.2 Å². The van der Waals surface area contributed by atoms with Gasteiger partial charge in [0.2, 0.25) is 0 Å². The Labute approximate surface area is 158 Å². The SMILES string of the molecule is CC(C)Oc1ccccc1CNC(=O)N1CCN(Cc2cscn2)CC1. The number of benzene rings is 1. The normalized spacial score (nSPS) is 15.3. The molecule has 1 aliphatic rings. The molecule has 0 bridgehead atoms. The molecule has 2 heterocycles. The van der Waals surface area contributed by atoms with E-state index in [4.69, 9.17) is 4.74 Å². The quantitative estimate of drug-likeness (QED) is 0.845. The summed E-state index contributed by atoms with van der Waals surface area (Å²) in [7, 11) is 0. The number of carbonyl (C=O) groups is 1. The monoisotopic (exact) mass is 374 g/mol. The number of para-hydroxylation sites is 1. The van der Waals surface area contributed by atoms with Crippen LogP contribution < -0.4 is 10.1 Å². The Morgan fingerprint density at radius 2 is 2.04 bits per heavy atom. The summed E-state index contributed by atoms with van der Waals surface area (Å²) in [4.78, 5) is 21.0. The van der Waals surface area contributed by atoms with E-state index in [2.05, 4.69) is 20.6 Å². The van der Waals surface area contributed by atoms with Crippen LogP contribution in [0.15, 0.2) is 35.2 Å². The van der Waals surface area contributed by atoms with Gasteiger partial charge < -0.3 is 15.0 Å². The molecule has 0 spiro atoms. The van der Waals surface area contributed by atoms with Crippen molar-refractivity contribution < 1.29 is 9.53 Å². The molecule has 0 aliphatic carbocycles. The summed E-state index contributed by atoms with van der Waals surface area (Å²) in [5.41, 5.74) is 3.96. The molecular weight excluding hydrogens is 348 g/mol. The number of carbonyl (C=O) groups excluding carboxylic acids is 1. The van der Waals surface area contributed by atoms with Crippen molar-refractivity contribution in [3.63, 3.8) is 0 Å². The zero-order chi connectivity index (χ0) is 18.4. The molecule has 1 N–H and O–H groups in total. The van der Waals surface area contributed by atoms with Gasteiger partial charge in [0.1, 0.15) is 5.75 Å². The Morgan fingerprint density at radius 3 is 2.73 bits per heavy atom. The number of hydrogen-bond donors (Lipinski definition) is 1. The lowest BCUT2D eigenvalue weighted by Crippen LogP contribution is -2.51. The first-order chi connectivity index (χ1) is 12.6. The van der Waals surface area contributed by atoms with Gasteiger partial charge in [-0.15, -0.1) is 11.3 Å². The van der Waals surface area contributed by atoms with Gasteiger partial charge in [0.05, 0.1) is 17.3 Å². The molecule has 0 saturated carbocycles. The van der Waals surface area contributed by atoms with E-state index in [1.54, 1.807) is 11.3 Å². The number of piperazine rings is 1. The fourth-order valence-electron chi connectivity index (χ4n) is 2.96. The number of rotatable bonds is 6. The lowest BCUT2D eigenvalue weighted by Gasteiger charge is -2.34. The molecular formula is C19H26N4O2S. The summed E-state index contributed by atoms with van der Waals surface area (Å²) in [6.07, 6.45) is 0.109. The fraction of sp³-hybridized carbons (Fsp3) is 0.474. The minimum absolute atomic E-state index is 0.0161. The molecule has 26 heavy (non-hydrogen) atoms. The predicted molar refractivity (Wildman–Crippen MR) is 103 cm³/mol. The number of ether oxygens (including phenoxy) is 1. The number of nitrogens with one attached hydrogen (secondary N) is 1. The number of amides is 2. The topological polar surface area (TPSA) is 57.7 Å². The molecule has 140 valence electrons. The van der Waals surface area contributed by atoms with Gasteiger partial charge in [-0.25, -0.2) is 9.78 Å². The summed E-state index contributed by atoms with van der Waals surface area (Å²) in [6.45, 7) is 8.55. The number of nitrogens with zero attached hydrogens (tertiary/aromatic N) is 3. The third kappa shape index (κ3) is 5.19. The number of urea groups is 1. The summed E-state index contributed by atoms with van der Waals surface area (Å²) in [5, 5.41) is 5.10. The summed E-state index contributed by atoms with van der Waals surface area (Å²) in [6, 6.07) is 7.83. The maximum atomic E-state index is 12.5. The van der Waals surface area contributed by atoms with Crippen molar-refractivity contribution in [1.82, 2.24) is 20.1 Å². The molecule has 2 aromatic rings. The second-order valence-corrected chi connectivity index (χ2v) is 7.39. The maximum absolute atomic E-state index is 12.5. The van der Waals surface area contributed by atoms with Gasteiger partial charge in [0.15, 0.2) is 0 Å². The lowest BCUT2D eigenvalue weighted by molar-refractivity contribution is 0.134. The number of aromatic nitrogens is 1. The van der Waals surface area contributed by atoms with Crippen LogP contribution >= 0.6 is 11.3 Å². The first-order valence-corrected chi connectivity index (χ1v) is 9.93. The summed E-state index contributed by atoms with van der Waals surface area (Å²) < 4.78 is 5.81. The highest BCUT2D eigenvalue weighted by Crippen LogP contribution is 2.19. The van der Waals surface area contributed by atoms with Crippen molar-refractivity contribution in [2.75, 3.05) is 26.2 Å². The Morgan fingerprint density at radius 1 is 1.27 bits per heavy atom. The molecule has 1 aliphatic heterocycles. The lowest BCUT2D eigenvalue weighted by atomic mass is 10.2. The van der Waals surface area contributed by atoms with Crippen LogP contribution in [0.5, 0.6) is 5.75 Å². The van der Waals surface area contributed by atoms with Crippen LogP contribution in [-0.4, -0.2) is 53.1 Å². The smallest absolute Gasteiger partial charge is 0.317 e. The zero-order valence-corrected chi connectivity index (χ0v) is 16.2. The second kappa shape index (κ2) is 9.00. The molecule has 7 heteroatoms. The highest BCUT2D eigenvalue weighted by molar-refractivity contribution is 7.07. The second-order valence-electron chi connectivity index (χ2n) is 6.68. The highest BCUT2D eigenvalue weighted by Gasteiger charge is 2.21. The van der Waals surface area contributed by atoms with Crippen LogP contribution in [0.3, 0.4) is 0 Å². The van der Waals surface area contributed by atoms with E-state index in [1.807, 2.05) is 48.5 Å². The predicted octanol–water partition coefficient (Wildman–Crippen LogP) is 2.96. The van der Waals surface area contributed by atoms with Gasteiger partial charge in [-0.2, -0.15) is 0 Å². The van der Waals surface area contributed by atoms with E-state index in [1.165, 1.54) is 0 Å². The van der Waals surface area contributed by atoms with E-state index >= 15 is 0 Å². The third-order valence-corrected chi connectivity index (χ3v) is 4.93. The first kappa shape index (κ1) is 18.7. The Bertz CT molecular complexity index is 697. The van der Waals surface area contributed by atoms with Crippen molar-refractivity contribution in [3.8, 4) is 5.75 Å². The van der Waals surface area contributed by atoms with Crippen molar-refractivity contribution >= 4 is 17.4 Å². The van der Waals surface area contributed by atoms with Crippen LogP contribution in [-0.2, 0) is 13.1 Å². The van der Waals surface area contributed by atoms with Gasteiger partial charge in [-0.1, -0.05) is 18.2 Å². The largest absolute Gasteiger partial charge is 0.491 e. The Hall–Kier alpha value is -2.12. The minimum Gasteiger partial charge on any atom is -0.491 e. The average Bonchev–Trinajstić information content (AvgIpc) is 3.14. The molecule has 1 fully saturated rings. The van der Waals surface area contributed by atoms with Crippen molar-refractivity contribution in [1.29, 1.82) is 0 Å². The molecule has 0 atom stereocenters. The van der Waals surface area contributed by atoms with Gasteiger partial charge >= 0.3 is 6.03 Å². The van der Waals surface area contributed by atoms with Gasteiger partial charge in [-0.3, -0.25) is 4.90 Å². The van der Waals surface area contributed by atoms with Crippen LogP contribution in [0.25, 0.3) is 0 Å². The molecule has 3 rings (SSSR count). The molecule has 1 aromatic carbocycles. The molecule has 1 aromatic heterocycles. The number of hydrogen-bond acceptors (Lipinski definition) is 5. The zero-order valence-electron chi connectivity index (χ0n) is 15.4. The van der Waals surface area contributed by atoms with E-state index in [0.29, 0.717) is 6.54 Å². The van der Waals surface area contributed by atoms with E-state index in [0.717, 1.165) is 49.7 Å². The molecule has 1 saturated heterocycles. The van der Waals surface area contributed by atoms with E-state index < -0.39 is 0 Å². The minimum atomic E-state index is -0.0161. The van der Waals surface area contributed by atoms with Crippen molar-refractivity contribution in [2.24, 2.45) is 0 Å². The van der Waals surface area contributed by atoms with Crippen molar-refractivity contribution in [3.05, 3.63) is 46.4 Å². The molecule has 0 unspecified atom stereocenters. The Balaban J connectivity index is 1.46. The molecule has 0 radical (unpaired) electrons. The fourth-order valence-corrected chi connectivity index (χ4v) is 3.50. The van der Waals surface area contributed by atoms with Crippen LogP contribution in [0.2, 0.25) is 0 Å². The van der Waals surface area contributed by atoms with E-state index in [9.17, 15) is 4.79 Å². The maximum Gasteiger partial charge on any atom is 0.317 e. The average molecular weight is 375 g/mol. The van der Waals surface area contributed by atoms with Crippen molar-refractivity contribution in [2.45, 2.75) is 33.0 Å². The standard InChI is InChI=1S/C19H26N4O2S/c1-15(2)25-18-6-4-3-5-16(18)11-20-19(24)23-9-7-22(8-10-23)12-17-13-26-14-21-17/h3-6,13-15H,7-12H2,1-2H3,(H,20,24). The first-order valence-electron chi connectivity index (χ1n) is 8.98. The number of thiazole rings is 1. The van der Waals surface area contributed by atoms with Crippen LogP contribution in [0, 0.1) is 0 Å². The molecule has 2 amide bonds. The van der Waals surface area contributed by atoms with E-state index in [-0.39, 0.29) is 12.1 Å². The summed E-state index contributed by atoms with van der Waals surface area (Å²) in [5.74, 6) is 0.830.